The van der Waals surface area contributed by atoms with Gasteiger partial charge in [-0.15, -0.1) is 0 Å². The van der Waals surface area contributed by atoms with Crippen molar-refractivity contribution >= 4 is 5.69 Å². The summed E-state index contributed by atoms with van der Waals surface area (Å²) < 4.78 is 13.0. The molecule has 0 amide bonds. The van der Waals surface area contributed by atoms with Crippen LogP contribution in [0.3, 0.4) is 0 Å². The predicted octanol–water partition coefficient (Wildman–Crippen LogP) is 3.64. The van der Waals surface area contributed by atoms with Crippen LogP contribution in [-0.2, 0) is 6.54 Å². The van der Waals surface area contributed by atoms with Gasteiger partial charge in [0, 0.05) is 19.3 Å². The predicted molar refractivity (Wildman–Crippen MR) is 74.4 cm³/mol. The molecule has 0 heterocycles. The highest BCUT2D eigenvalue weighted by molar-refractivity contribution is 5.49. The highest BCUT2D eigenvalue weighted by Crippen LogP contribution is 2.18. The molecule has 0 unspecified atom stereocenters. The molecule has 0 aliphatic rings. The molecular weight excluding hydrogens is 239 g/mol. The first-order valence-corrected chi connectivity index (χ1v) is 6.06. The number of anilines is 1. The lowest BCUT2D eigenvalue weighted by atomic mass is 10.1. The minimum atomic E-state index is -0.206. The van der Waals surface area contributed by atoms with Crippen LogP contribution in [0.15, 0.2) is 42.5 Å². The maximum absolute atomic E-state index is 13.0. The van der Waals surface area contributed by atoms with Gasteiger partial charge in [-0.05, 0) is 54.4 Å². The van der Waals surface area contributed by atoms with Crippen LogP contribution in [0.2, 0.25) is 0 Å². The Hall–Kier alpha value is -2.34. The molecule has 0 saturated heterocycles. The van der Waals surface area contributed by atoms with Gasteiger partial charge in [0.05, 0.1) is 11.6 Å². The molecule has 2 nitrogen and oxygen atoms in total. The van der Waals surface area contributed by atoms with Crippen molar-refractivity contribution in [2.24, 2.45) is 0 Å². The zero-order valence-electron chi connectivity index (χ0n) is 11.0. The van der Waals surface area contributed by atoms with Crippen molar-refractivity contribution in [1.29, 1.82) is 5.26 Å². The first-order valence-electron chi connectivity index (χ1n) is 6.06. The van der Waals surface area contributed by atoms with Crippen molar-refractivity contribution in [3.8, 4) is 6.07 Å². The van der Waals surface area contributed by atoms with E-state index in [4.69, 9.17) is 5.26 Å². The Morgan fingerprint density at radius 1 is 1.16 bits per heavy atom. The van der Waals surface area contributed by atoms with Crippen LogP contribution in [-0.4, -0.2) is 7.05 Å². The summed E-state index contributed by atoms with van der Waals surface area (Å²) in [5.74, 6) is -0.206. The van der Waals surface area contributed by atoms with E-state index < -0.39 is 0 Å². The lowest BCUT2D eigenvalue weighted by molar-refractivity contribution is 0.625. The number of hydrogen-bond donors (Lipinski definition) is 0. The van der Waals surface area contributed by atoms with Gasteiger partial charge in [0.2, 0.25) is 0 Å². The molecule has 0 saturated carbocycles. The molecule has 0 aliphatic heterocycles. The first-order chi connectivity index (χ1) is 9.10. The maximum atomic E-state index is 13.0. The minimum absolute atomic E-state index is 0.206. The Labute approximate surface area is 112 Å². The van der Waals surface area contributed by atoms with Crippen LogP contribution < -0.4 is 4.90 Å². The molecule has 0 aromatic heterocycles. The van der Waals surface area contributed by atoms with Crippen molar-refractivity contribution in [3.63, 3.8) is 0 Å². The molecule has 0 radical (unpaired) electrons. The topological polar surface area (TPSA) is 27.0 Å². The molecule has 96 valence electrons. The third-order valence-corrected chi connectivity index (χ3v) is 3.15. The van der Waals surface area contributed by atoms with E-state index >= 15 is 0 Å². The van der Waals surface area contributed by atoms with Gasteiger partial charge in [0.1, 0.15) is 5.82 Å². The van der Waals surface area contributed by atoms with Gasteiger partial charge in [-0.1, -0.05) is 6.07 Å². The quantitative estimate of drug-likeness (QED) is 0.836. The Morgan fingerprint density at radius 2 is 1.84 bits per heavy atom. The van der Waals surface area contributed by atoms with Crippen LogP contribution >= 0.6 is 0 Å². The smallest absolute Gasteiger partial charge is 0.123 e. The van der Waals surface area contributed by atoms with Gasteiger partial charge in [-0.3, -0.25) is 0 Å². The molecule has 0 bridgehead atoms. The van der Waals surface area contributed by atoms with E-state index in [9.17, 15) is 4.39 Å². The fraction of sp³-hybridized carbons (Fsp3) is 0.188. The van der Waals surface area contributed by atoms with Gasteiger partial charge >= 0.3 is 0 Å². The summed E-state index contributed by atoms with van der Waals surface area (Å²) >= 11 is 0. The summed E-state index contributed by atoms with van der Waals surface area (Å²) in [7, 11) is 1.98. The SMILES string of the molecule is Cc1cc(F)ccc1CN(C)c1ccc(C#N)cc1. The number of hydrogen-bond acceptors (Lipinski definition) is 2. The second kappa shape index (κ2) is 5.53. The van der Waals surface area contributed by atoms with E-state index in [0.717, 1.165) is 16.8 Å². The Balaban J connectivity index is 2.16. The van der Waals surface area contributed by atoms with Crippen molar-refractivity contribution in [1.82, 2.24) is 0 Å². The van der Waals surface area contributed by atoms with Crippen LogP contribution in [0.25, 0.3) is 0 Å². The van der Waals surface area contributed by atoms with E-state index in [-0.39, 0.29) is 5.82 Å². The zero-order valence-corrected chi connectivity index (χ0v) is 11.0. The second-order valence-electron chi connectivity index (χ2n) is 4.59. The van der Waals surface area contributed by atoms with E-state index in [1.54, 1.807) is 18.2 Å². The Bertz CT molecular complexity index is 612. The molecule has 3 heteroatoms. The average molecular weight is 254 g/mol. The van der Waals surface area contributed by atoms with E-state index in [0.29, 0.717) is 12.1 Å². The largest absolute Gasteiger partial charge is 0.370 e. The lowest BCUT2D eigenvalue weighted by Crippen LogP contribution is -2.17. The average Bonchev–Trinajstić information content (AvgIpc) is 2.42. The summed E-state index contributed by atoms with van der Waals surface area (Å²) in [5.41, 5.74) is 3.71. The third-order valence-electron chi connectivity index (χ3n) is 3.15. The summed E-state index contributed by atoms with van der Waals surface area (Å²) in [6.45, 7) is 2.61. The van der Waals surface area contributed by atoms with Crippen LogP contribution in [0.1, 0.15) is 16.7 Å². The van der Waals surface area contributed by atoms with Crippen LogP contribution in [0, 0.1) is 24.1 Å². The molecule has 0 atom stereocenters. The minimum Gasteiger partial charge on any atom is -0.370 e. The molecule has 0 spiro atoms. The number of nitriles is 1. The number of benzene rings is 2. The molecule has 0 N–H and O–H groups in total. The summed E-state index contributed by atoms with van der Waals surface area (Å²) in [6, 6.07) is 14.4. The fourth-order valence-electron chi connectivity index (χ4n) is 1.97. The second-order valence-corrected chi connectivity index (χ2v) is 4.59. The van der Waals surface area contributed by atoms with Crippen LogP contribution in [0.4, 0.5) is 10.1 Å². The highest BCUT2D eigenvalue weighted by Gasteiger charge is 2.05. The normalized spacial score (nSPS) is 10.0. The van der Waals surface area contributed by atoms with Crippen molar-refractivity contribution in [2.75, 3.05) is 11.9 Å². The van der Waals surface area contributed by atoms with Crippen molar-refractivity contribution in [3.05, 3.63) is 65.0 Å². The Kier molecular flexibility index (Phi) is 3.82. The van der Waals surface area contributed by atoms with Gasteiger partial charge in [-0.2, -0.15) is 5.26 Å². The summed E-state index contributed by atoms with van der Waals surface area (Å²) in [6.07, 6.45) is 0. The zero-order chi connectivity index (χ0) is 13.8. The molecule has 0 aliphatic carbocycles. The van der Waals surface area contributed by atoms with Crippen LogP contribution in [0.5, 0.6) is 0 Å². The van der Waals surface area contributed by atoms with Gasteiger partial charge in [-0.25, -0.2) is 4.39 Å². The number of halogens is 1. The molecule has 2 rings (SSSR count). The third kappa shape index (κ3) is 3.11. The molecule has 2 aromatic rings. The molecule has 0 fully saturated rings. The highest BCUT2D eigenvalue weighted by atomic mass is 19.1. The van der Waals surface area contributed by atoms with Crippen molar-refractivity contribution in [2.45, 2.75) is 13.5 Å². The monoisotopic (exact) mass is 254 g/mol. The number of nitrogens with zero attached hydrogens (tertiary/aromatic N) is 2. The Morgan fingerprint density at radius 3 is 2.42 bits per heavy atom. The van der Waals surface area contributed by atoms with Crippen molar-refractivity contribution < 1.29 is 4.39 Å². The molecular formula is C16H15FN2. The summed E-state index contributed by atoms with van der Waals surface area (Å²) in [4.78, 5) is 2.07. The summed E-state index contributed by atoms with van der Waals surface area (Å²) in [5, 5.41) is 8.77. The van der Waals surface area contributed by atoms with Gasteiger partial charge in [0.25, 0.3) is 0 Å². The lowest BCUT2D eigenvalue weighted by Gasteiger charge is -2.20. The van der Waals surface area contributed by atoms with E-state index in [1.165, 1.54) is 6.07 Å². The molecule has 19 heavy (non-hydrogen) atoms. The molecule has 2 aromatic carbocycles. The maximum Gasteiger partial charge on any atom is 0.123 e. The standard InChI is InChI=1S/C16H15FN2/c1-12-9-15(17)6-5-14(12)11-19(2)16-7-3-13(10-18)4-8-16/h3-9H,11H2,1-2H3. The van der Waals surface area contributed by atoms with Gasteiger partial charge in [0.15, 0.2) is 0 Å². The van der Waals surface area contributed by atoms with E-state index in [1.807, 2.05) is 32.2 Å². The van der Waals surface area contributed by atoms with E-state index in [2.05, 4.69) is 11.0 Å². The number of rotatable bonds is 3. The van der Waals surface area contributed by atoms with Gasteiger partial charge < -0.3 is 4.90 Å². The fourth-order valence-corrected chi connectivity index (χ4v) is 1.97. The first kappa shape index (κ1) is 13.1. The number of aryl methyl sites for hydroxylation is 1.